The van der Waals surface area contributed by atoms with E-state index in [0.29, 0.717) is 6.42 Å². The topological polar surface area (TPSA) is 59.0 Å². The molecule has 146 valence electrons. The lowest BCUT2D eigenvalue weighted by atomic mass is 9.99. The fraction of sp³-hybridized carbons (Fsp3) is 0.650. The Morgan fingerprint density at radius 3 is 2.46 bits per heavy atom. The third-order valence-electron chi connectivity index (χ3n) is 5.63. The van der Waals surface area contributed by atoms with E-state index in [9.17, 15) is 9.90 Å². The molecule has 0 bridgehead atoms. The highest BCUT2D eigenvalue weighted by Gasteiger charge is 2.44. The first-order valence-electron chi connectivity index (χ1n) is 9.34. The molecule has 0 saturated carbocycles. The van der Waals surface area contributed by atoms with Crippen molar-refractivity contribution < 1.29 is 19.1 Å². The monoisotopic (exact) mass is 379 g/mol. The zero-order valence-corrected chi connectivity index (χ0v) is 17.9. The minimum atomic E-state index is -1.99. The normalized spacial score (nSPS) is 24.4. The lowest BCUT2D eigenvalue weighted by Gasteiger charge is -2.46. The average molecular weight is 380 g/mol. The molecular formula is C20H33NO4Si. The summed E-state index contributed by atoms with van der Waals surface area (Å²) in [4.78, 5) is 14.2. The predicted octanol–water partition coefficient (Wildman–Crippen LogP) is 4.17. The van der Waals surface area contributed by atoms with Crippen molar-refractivity contribution in [3.8, 4) is 0 Å². The van der Waals surface area contributed by atoms with E-state index in [-0.39, 0.29) is 30.3 Å². The van der Waals surface area contributed by atoms with E-state index >= 15 is 0 Å². The molecule has 1 aromatic rings. The molecule has 1 saturated heterocycles. The van der Waals surface area contributed by atoms with E-state index in [4.69, 9.17) is 9.16 Å². The Bertz CT molecular complexity index is 600. The van der Waals surface area contributed by atoms with Gasteiger partial charge in [-0.25, -0.2) is 4.79 Å². The van der Waals surface area contributed by atoms with Gasteiger partial charge >= 0.3 is 6.09 Å². The molecule has 1 fully saturated rings. The minimum Gasteiger partial charge on any atom is -0.445 e. The number of ether oxygens (including phenoxy) is 1. The average Bonchev–Trinajstić information content (AvgIpc) is 2.55. The highest BCUT2D eigenvalue weighted by atomic mass is 28.4. The molecule has 0 aliphatic carbocycles. The molecule has 0 spiro atoms. The third kappa shape index (κ3) is 5.08. The van der Waals surface area contributed by atoms with E-state index < -0.39 is 20.5 Å². The van der Waals surface area contributed by atoms with Gasteiger partial charge in [-0.05, 0) is 30.6 Å². The highest BCUT2D eigenvalue weighted by molar-refractivity contribution is 6.74. The van der Waals surface area contributed by atoms with E-state index in [2.05, 4.69) is 33.9 Å². The second-order valence-corrected chi connectivity index (χ2v) is 13.5. The van der Waals surface area contributed by atoms with Crippen LogP contribution in [0.25, 0.3) is 0 Å². The van der Waals surface area contributed by atoms with Crippen molar-refractivity contribution in [1.82, 2.24) is 4.90 Å². The first-order valence-corrected chi connectivity index (χ1v) is 12.3. The molecule has 0 aromatic heterocycles. The molecule has 1 heterocycles. The maximum Gasteiger partial charge on any atom is 0.410 e. The lowest BCUT2D eigenvalue weighted by molar-refractivity contribution is -0.0360. The van der Waals surface area contributed by atoms with Gasteiger partial charge in [-0.3, -0.25) is 0 Å². The molecule has 1 aromatic carbocycles. The van der Waals surface area contributed by atoms with Gasteiger partial charge in [-0.2, -0.15) is 0 Å². The SMILES string of the molecule is C[C@H]1[C@@H](O[Si](C)(C)C(C)(C)C)C[C@@H](O)CN1C(=O)OCc1ccccc1. The molecule has 0 radical (unpaired) electrons. The summed E-state index contributed by atoms with van der Waals surface area (Å²) >= 11 is 0. The molecule has 3 atom stereocenters. The van der Waals surface area contributed by atoms with Crippen LogP contribution < -0.4 is 0 Å². The molecule has 1 aliphatic rings. The quantitative estimate of drug-likeness (QED) is 0.798. The number of β-amino-alcohol motifs (C(OH)–C–C–N with tert-alkyl or cyclic N) is 1. The fourth-order valence-corrected chi connectivity index (χ4v) is 4.28. The largest absolute Gasteiger partial charge is 0.445 e. The number of carbonyl (C=O) groups is 1. The standard InChI is InChI=1S/C20H33NO4Si/c1-15-18(25-26(5,6)20(2,3)4)12-17(22)13-21(15)19(23)24-14-16-10-8-7-9-11-16/h7-11,15,17-18,22H,12-14H2,1-6H3/t15-,17+,18-/m0/s1. The molecule has 6 heteroatoms. The molecule has 2 rings (SSSR count). The number of rotatable bonds is 4. The van der Waals surface area contributed by atoms with Crippen LogP contribution in [0.3, 0.4) is 0 Å². The van der Waals surface area contributed by atoms with Gasteiger partial charge in [-0.15, -0.1) is 0 Å². The molecule has 1 amide bonds. The number of hydrogen-bond acceptors (Lipinski definition) is 4. The zero-order chi connectivity index (χ0) is 19.5. The Balaban J connectivity index is 2.03. The van der Waals surface area contributed by atoms with Crippen LogP contribution in [0.4, 0.5) is 4.79 Å². The zero-order valence-electron chi connectivity index (χ0n) is 16.9. The van der Waals surface area contributed by atoms with Crippen molar-refractivity contribution in [2.45, 2.75) is 77.1 Å². The van der Waals surface area contributed by atoms with Crippen molar-refractivity contribution in [3.05, 3.63) is 35.9 Å². The third-order valence-corrected chi connectivity index (χ3v) is 10.1. The number of carbonyl (C=O) groups excluding carboxylic acids is 1. The van der Waals surface area contributed by atoms with Crippen LogP contribution in [0, 0.1) is 0 Å². The van der Waals surface area contributed by atoms with Crippen LogP contribution >= 0.6 is 0 Å². The van der Waals surface area contributed by atoms with Crippen molar-refractivity contribution in [2.24, 2.45) is 0 Å². The van der Waals surface area contributed by atoms with Gasteiger partial charge in [0, 0.05) is 6.42 Å². The summed E-state index contributed by atoms with van der Waals surface area (Å²) in [7, 11) is -1.99. The van der Waals surface area contributed by atoms with E-state index in [1.165, 1.54) is 0 Å². The van der Waals surface area contributed by atoms with Crippen LogP contribution in [0.5, 0.6) is 0 Å². The van der Waals surface area contributed by atoms with Gasteiger partial charge in [0.25, 0.3) is 0 Å². The molecule has 1 aliphatic heterocycles. The van der Waals surface area contributed by atoms with Crippen molar-refractivity contribution >= 4 is 14.4 Å². The maximum atomic E-state index is 12.6. The van der Waals surface area contributed by atoms with Crippen LogP contribution in [-0.2, 0) is 15.8 Å². The molecule has 0 unspecified atom stereocenters. The second-order valence-electron chi connectivity index (χ2n) is 8.74. The molecule has 26 heavy (non-hydrogen) atoms. The van der Waals surface area contributed by atoms with Crippen molar-refractivity contribution in [1.29, 1.82) is 0 Å². The second kappa shape index (κ2) is 8.11. The summed E-state index contributed by atoms with van der Waals surface area (Å²) in [6, 6.07) is 9.47. The minimum absolute atomic E-state index is 0.0772. The smallest absolute Gasteiger partial charge is 0.410 e. The number of piperidine rings is 1. The lowest BCUT2D eigenvalue weighted by Crippen LogP contribution is -2.58. The number of nitrogens with zero attached hydrogens (tertiary/aromatic N) is 1. The van der Waals surface area contributed by atoms with Gasteiger partial charge in [0.2, 0.25) is 0 Å². The molecule has 1 N–H and O–H groups in total. The van der Waals surface area contributed by atoms with Gasteiger partial charge in [0.1, 0.15) is 6.61 Å². The Morgan fingerprint density at radius 2 is 1.88 bits per heavy atom. The van der Waals surface area contributed by atoms with Crippen LogP contribution in [0.1, 0.15) is 39.7 Å². The summed E-state index contributed by atoms with van der Waals surface area (Å²) in [6.07, 6.45) is -0.617. The summed E-state index contributed by atoms with van der Waals surface area (Å²) in [6.45, 7) is 13.4. The first kappa shape index (κ1) is 20.9. The Kier molecular flexibility index (Phi) is 6.53. The van der Waals surface area contributed by atoms with Crippen molar-refractivity contribution in [2.75, 3.05) is 6.54 Å². The summed E-state index contributed by atoms with van der Waals surface area (Å²) in [5.74, 6) is 0. The van der Waals surface area contributed by atoms with Gasteiger partial charge < -0.3 is 19.2 Å². The fourth-order valence-electron chi connectivity index (χ4n) is 2.88. The van der Waals surface area contributed by atoms with E-state index in [0.717, 1.165) is 5.56 Å². The Hall–Kier alpha value is -1.37. The predicted molar refractivity (Wildman–Crippen MR) is 105 cm³/mol. The Morgan fingerprint density at radius 1 is 1.27 bits per heavy atom. The van der Waals surface area contributed by atoms with E-state index in [1.54, 1.807) is 4.90 Å². The number of hydrogen-bond donors (Lipinski definition) is 1. The summed E-state index contributed by atoms with van der Waals surface area (Å²) < 4.78 is 12.0. The number of aliphatic hydroxyl groups is 1. The van der Waals surface area contributed by atoms with Crippen LogP contribution in [-0.4, -0.2) is 49.2 Å². The molecule has 5 nitrogen and oxygen atoms in total. The summed E-state index contributed by atoms with van der Waals surface area (Å²) in [5, 5.41) is 10.4. The number of benzene rings is 1. The van der Waals surface area contributed by atoms with Gasteiger partial charge in [-0.1, -0.05) is 51.1 Å². The number of amides is 1. The molecular weight excluding hydrogens is 346 g/mol. The number of likely N-dealkylation sites (tertiary alicyclic amines) is 1. The summed E-state index contributed by atoms with van der Waals surface area (Å²) in [5.41, 5.74) is 0.945. The van der Waals surface area contributed by atoms with Crippen LogP contribution in [0.15, 0.2) is 30.3 Å². The highest BCUT2D eigenvalue weighted by Crippen LogP contribution is 2.39. The van der Waals surface area contributed by atoms with E-state index in [1.807, 2.05) is 37.3 Å². The Labute approximate surface area is 158 Å². The first-order chi connectivity index (χ1) is 12.0. The van der Waals surface area contributed by atoms with Gasteiger partial charge in [0.15, 0.2) is 8.32 Å². The van der Waals surface area contributed by atoms with Gasteiger partial charge in [0.05, 0.1) is 24.8 Å². The van der Waals surface area contributed by atoms with Crippen LogP contribution in [0.2, 0.25) is 18.1 Å². The maximum absolute atomic E-state index is 12.6. The number of aliphatic hydroxyl groups excluding tert-OH is 1. The van der Waals surface area contributed by atoms with Crippen molar-refractivity contribution in [3.63, 3.8) is 0 Å².